The normalized spacial score (nSPS) is 11.8. The molecule has 104 valence electrons. The number of rotatable bonds is 6. The Balaban J connectivity index is 2.80. The van der Waals surface area contributed by atoms with Crippen LogP contribution in [0.25, 0.3) is 0 Å². The molecule has 0 aliphatic rings. The lowest BCUT2D eigenvalue weighted by Crippen LogP contribution is -2.39. The molecular weight excluding hydrogens is 269 g/mol. The van der Waals surface area contributed by atoms with Gasteiger partial charge in [0.1, 0.15) is 5.82 Å². The van der Waals surface area contributed by atoms with Crippen molar-refractivity contribution < 1.29 is 12.8 Å². The van der Waals surface area contributed by atoms with Crippen LogP contribution in [0, 0.1) is 17.1 Å². The standard InChI is InChI=1S/C12H16FN3O2S/c1-15(9-5-8-14)19(17,18)16(2)10-11-6-3-4-7-12(11)13/h3-4,6-7H,5,9-10H2,1-2H3. The molecule has 7 heteroatoms. The third-order valence-electron chi connectivity index (χ3n) is 2.68. The fraction of sp³-hybridized carbons (Fsp3) is 0.417. The Morgan fingerprint density at radius 3 is 2.47 bits per heavy atom. The molecule has 0 saturated carbocycles. The topological polar surface area (TPSA) is 64.4 Å². The molecule has 0 spiro atoms. The first kappa shape index (κ1) is 15.6. The Labute approximate surface area is 113 Å². The number of hydrogen-bond acceptors (Lipinski definition) is 3. The quantitative estimate of drug-likeness (QED) is 0.792. The molecule has 1 aromatic rings. The average molecular weight is 285 g/mol. The van der Waals surface area contributed by atoms with Crippen molar-refractivity contribution in [2.45, 2.75) is 13.0 Å². The zero-order valence-corrected chi connectivity index (χ0v) is 11.7. The van der Waals surface area contributed by atoms with E-state index in [0.717, 1.165) is 8.61 Å². The Bertz CT molecular complexity index is 569. The summed E-state index contributed by atoms with van der Waals surface area (Å²) in [7, 11) is -0.904. The zero-order chi connectivity index (χ0) is 14.5. The first-order chi connectivity index (χ1) is 8.89. The van der Waals surface area contributed by atoms with E-state index in [0.29, 0.717) is 5.56 Å². The van der Waals surface area contributed by atoms with Crippen LogP contribution in [0.3, 0.4) is 0 Å². The predicted molar refractivity (Wildman–Crippen MR) is 69.6 cm³/mol. The second kappa shape index (κ2) is 6.61. The molecule has 0 N–H and O–H groups in total. The Hall–Kier alpha value is -1.49. The van der Waals surface area contributed by atoms with Gasteiger partial charge in [0.25, 0.3) is 10.2 Å². The van der Waals surface area contributed by atoms with Gasteiger partial charge < -0.3 is 0 Å². The minimum absolute atomic E-state index is 0.0497. The smallest absolute Gasteiger partial charge is 0.207 e. The lowest BCUT2D eigenvalue weighted by Gasteiger charge is -2.23. The first-order valence-electron chi connectivity index (χ1n) is 5.67. The summed E-state index contributed by atoms with van der Waals surface area (Å²) in [4.78, 5) is 0. The van der Waals surface area contributed by atoms with Crippen LogP contribution in [-0.2, 0) is 16.8 Å². The van der Waals surface area contributed by atoms with Crippen molar-refractivity contribution in [2.75, 3.05) is 20.6 Å². The molecule has 5 nitrogen and oxygen atoms in total. The highest BCUT2D eigenvalue weighted by molar-refractivity contribution is 7.86. The molecule has 1 rings (SSSR count). The highest BCUT2D eigenvalue weighted by atomic mass is 32.2. The zero-order valence-electron chi connectivity index (χ0n) is 10.9. The molecule has 0 radical (unpaired) electrons. The van der Waals surface area contributed by atoms with E-state index in [1.807, 2.05) is 6.07 Å². The summed E-state index contributed by atoms with van der Waals surface area (Å²) in [6.07, 6.45) is 0.114. The van der Waals surface area contributed by atoms with Gasteiger partial charge in [0.2, 0.25) is 0 Å². The molecule has 0 aromatic heterocycles. The summed E-state index contributed by atoms with van der Waals surface area (Å²) in [6.45, 7) is 0.0619. The highest BCUT2D eigenvalue weighted by Gasteiger charge is 2.23. The monoisotopic (exact) mass is 285 g/mol. The molecule has 0 aliphatic carbocycles. The summed E-state index contributed by atoms with van der Waals surface area (Å²) in [5.74, 6) is -0.441. The van der Waals surface area contributed by atoms with Gasteiger partial charge in [0.15, 0.2) is 0 Å². The van der Waals surface area contributed by atoms with Gasteiger partial charge in [-0.3, -0.25) is 0 Å². The van der Waals surface area contributed by atoms with Crippen LogP contribution in [0.15, 0.2) is 24.3 Å². The molecule has 0 bridgehead atoms. The summed E-state index contributed by atoms with van der Waals surface area (Å²) < 4.78 is 39.7. The van der Waals surface area contributed by atoms with E-state index < -0.39 is 16.0 Å². The second-order valence-electron chi connectivity index (χ2n) is 4.08. The summed E-state index contributed by atoms with van der Waals surface area (Å²) in [6, 6.07) is 7.91. The minimum Gasteiger partial charge on any atom is -0.207 e. The molecule has 0 saturated heterocycles. The maximum atomic E-state index is 13.5. The summed E-state index contributed by atoms with van der Waals surface area (Å²) in [5.41, 5.74) is 0.308. The van der Waals surface area contributed by atoms with Gasteiger partial charge in [0, 0.05) is 39.2 Å². The molecule has 0 atom stereocenters. The molecular formula is C12H16FN3O2S. The van der Waals surface area contributed by atoms with Crippen LogP contribution in [-0.4, -0.2) is 37.7 Å². The predicted octanol–water partition coefficient (Wildman–Crippen LogP) is 1.35. The van der Waals surface area contributed by atoms with Gasteiger partial charge in [-0.1, -0.05) is 18.2 Å². The third-order valence-corrected chi connectivity index (χ3v) is 4.56. The lowest BCUT2D eigenvalue weighted by molar-refractivity contribution is 0.389. The minimum atomic E-state index is -3.68. The molecule has 0 fully saturated rings. The van der Waals surface area contributed by atoms with E-state index in [4.69, 9.17) is 5.26 Å². The van der Waals surface area contributed by atoms with Gasteiger partial charge in [-0.25, -0.2) is 4.39 Å². The largest absolute Gasteiger partial charge is 0.281 e. The van der Waals surface area contributed by atoms with Crippen LogP contribution in [0.4, 0.5) is 4.39 Å². The number of nitriles is 1. The van der Waals surface area contributed by atoms with Crippen LogP contribution in [0.2, 0.25) is 0 Å². The number of halogens is 1. The van der Waals surface area contributed by atoms with E-state index >= 15 is 0 Å². The molecule has 19 heavy (non-hydrogen) atoms. The maximum Gasteiger partial charge on any atom is 0.281 e. The number of hydrogen-bond donors (Lipinski definition) is 0. The fourth-order valence-corrected chi connectivity index (χ4v) is 2.61. The van der Waals surface area contributed by atoms with Crippen molar-refractivity contribution in [3.63, 3.8) is 0 Å². The summed E-state index contributed by atoms with van der Waals surface area (Å²) in [5, 5.41) is 8.46. The molecule has 1 aromatic carbocycles. The van der Waals surface area contributed by atoms with Crippen LogP contribution in [0.1, 0.15) is 12.0 Å². The van der Waals surface area contributed by atoms with E-state index in [2.05, 4.69) is 0 Å². The van der Waals surface area contributed by atoms with Crippen LogP contribution >= 0.6 is 0 Å². The third kappa shape index (κ3) is 3.99. The van der Waals surface area contributed by atoms with Gasteiger partial charge >= 0.3 is 0 Å². The number of nitrogens with zero attached hydrogens (tertiary/aromatic N) is 3. The van der Waals surface area contributed by atoms with Crippen molar-refractivity contribution in [3.8, 4) is 6.07 Å². The van der Waals surface area contributed by atoms with E-state index in [9.17, 15) is 12.8 Å². The Kier molecular flexibility index (Phi) is 5.42. The SMILES string of the molecule is CN(CCC#N)S(=O)(=O)N(C)Cc1ccccc1F. The van der Waals surface area contributed by atoms with E-state index in [1.54, 1.807) is 12.1 Å². The van der Waals surface area contributed by atoms with Crippen molar-refractivity contribution in [1.29, 1.82) is 5.26 Å². The van der Waals surface area contributed by atoms with Gasteiger partial charge in [-0.05, 0) is 6.07 Å². The van der Waals surface area contributed by atoms with Crippen LogP contribution in [0.5, 0.6) is 0 Å². The first-order valence-corrected chi connectivity index (χ1v) is 7.07. The molecule has 0 unspecified atom stereocenters. The van der Waals surface area contributed by atoms with Crippen LogP contribution < -0.4 is 0 Å². The molecule has 0 amide bonds. The Morgan fingerprint density at radius 2 is 1.89 bits per heavy atom. The van der Waals surface area contributed by atoms with Crippen molar-refractivity contribution in [3.05, 3.63) is 35.6 Å². The van der Waals surface area contributed by atoms with Crippen molar-refractivity contribution in [2.24, 2.45) is 0 Å². The van der Waals surface area contributed by atoms with Gasteiger partial charge in [0.05, 0.1) is 6.07 Å². The second-order valence-corrected chi connectivity index (χ2v) is 6.23. The average Bonchev–Trinajstić information content (AvgIpc) is 2.38. The van der Waals surface area contributed by atoms with Gasteiger partial charge in [-0.2, -0.15) is 22.3 Å². The van der Waals surface area contributed by atoms with Crippen molar-refractivity contribution >= 4 is 10.2 Å². The van der Waals surface area contributed by atoms with Crippen molar-refractivity contribution in [1.82, 2.24) is 8.61 Å². The lowest BCUT2D eigenvalue weighted by atomic mass is 10.2. The van der Waals surface area contributed by atoms with E-state index in [1.165, 1.54) is 26.2 Å². The number of benzene rings is 1. The van der Waals surface area contributed by atoms with Gasteiger partial charge in [-0.15, -0.1) is 0 Å². The highest BCUT2D eigenvalue weighted by Crippen LogP contribution is 2.13. The fourth-order valence-electron chi connectivity index (χ4n) is 1.51. The Morgan fingerprint density at radius 1 is 1.26 bits per heavy atom. The molecule has 0 heterocycles. The summed E-state index contributed by atoms with van der Waals surface area (Å²) >= 11 is 0. The van der Waals surface area contributed by atoms with E-state index in [-0.39, 0.29) is 19.5 Å². The molecule has 0 aliphatic heterocycles. The maximum absolute atomic E-state index is 13.5.